The van der Waals surface area contributed by atoms with Gasteiger partial charge >= 0.3 is 0 Å². The van der Waals surface area contributed by atoms with E-state index in [0.717, 1.165) is 11.8 Å². The maximum absolute atomic E-state index is 9.21. The van der Waals surface area contributed by atoms with Gasteiger partial charge in [-0.2, -0.15) is 0 Å². The van der Waals surface area contributed by atoms with Crippen LogP contribution < -0.4 is 0 Å². The van der Waals surface area contributed by atoms with Crippen LogP contribution in [0.2, 0.25) is 0 Å². The van der Waals surface area contributed by atoms with Gasteiger partial charge < -0.3 is 20.4 Å². The molecule has 66 valence electrons. The standard InChI is InChI=1S/C6H12O4S/c1-2(7)5-3(8)4(9)6(10)11-5/h2-10H,1H3/t2-,3-,4-,5+,6+/m1/s1. The Bertz CT molecular complexity index is 141. The minimum Gasteiger partial charge on any atom is -0.392 e. The van der Waals surface area contributed by atoms with Crippen molar-refractivity contribution >= 4 is 11.8 Å². The molecule has 1 fully saturated rings. The van der Waals surface area contributed by atoms with Crippen LogP contribution in [0.3, 0.4) is 0 Å². The zero-order valence-corrected chi connectivity index (χ0v) is 6.90. The number of thioether (sulfide) groups is 1. The third kappa shape index (κ3) is 1.68. The van der Waals surface area contributed by atoms with Gasteiger partial charge in [0.25, 0.3) is 0 Å². The van der Waals surface area contributed by atoms with Crippen LogP contribution in [0.1, 0.15) is 6.92 Å². The lowest BCUT2D eigenvalue weighted by Gasteiger charge is -2.16. The van der Waals surface area contributed by atoms with Gasteiger partial charge in [-0.3, -0.25) is 0 Å². The average molecular weight is 180 g/mol. The van der Waals surface area contributed by atoms with Crippen molar-refractivity contribution in [3.8, 4) is 0 Å². The summed E-state index contributed by atoms with van der Waals surface area (Å²) in [4.78, 5) is 0. The molecule has 0 aromatic heterocycles. The third-order valence-electron chi connectivity index (χ3n) is 1.75. The van der Waals surface area contributed by atoms with Crippen molar-refractivity contribution in [2.45, 2.75) is 35.9 Å². The summed E-state index contributed by atoms with van der Waals surface area (Å²) in [5.74, 6) is 0. The highest BCUT2D eigenvalue weighted by Gasteiger charge is 2.43. The van der Waals surface area contributed by atoms with Crippen LogP contribution in [-0.2, 0) is 0 Å². The SMILES string of the molecule is C[C@@H](O)[C@@H]1S[C@H](O)[C@H](O)[C@H]1O. The Kier molecular flexibility index (Phi) is 2.77. The molecule has 5 heteroatoms. The Morgan fingerprint density at radius 1 is 1.18 bits per heavy atom. The van der Waals surface area contributed by atoms with Gasteiger partial charge in [-0.25, -0.2) is 0 Å². The number of rotatable bonds is 1. The van der Waals surface area contributed by atoms with Crippen LogP contribution >= 0.6 is 11.8 Å². The molecule has 11 heavy (non-hydrogen) atoms. The number of aliphatic hydroxyl groups is 4. The monoisotopic (exact) mass is 180 g/mol. The van der Waals surface area contributed by atoms with E-state index in [4.69, 9.17) is 15.3 Å². The van der Waals surface area contributed by atoms with Crippen molar-refractivity contribution in [3.05, 3.63) is 0 Å². The molecule has 0 unspecified atom stereocenters. The van der Waals surface area contributed by atoms with Crippen molar-refractivity contribution in [2.24, 2.45) is 0 Å². The largest absolute Gasteiger partial charge is 0.392 e. The van der Waals surface area contributed by atoms with Gasteiger partial charge in [0.1, 0.15) is 11.5 Å². The smallest absolute Gasteiger partial charge is 0.128 e. The fourth-order valence-corrected chi connectivity index (χ4v) is 2.28. The maximum Gasteiger partial charge on any atom is 0.128 e. The molecule has 0 radical (unpaired) electrons. The van der Waals surface area contributed by atoms with Crippen molar-refractivity contribution < 1.29 is 20.4 Å². The molecule has 1 aliphatic heterocycles. The zero-order chi connectivity index (χ0) is 8.59. The van der Waals surface area contributed by atoms with E-state index in [1.165, 1.54) is 6.92 Å². The van der Waals surface area contributed by atoms with Crippen molar-refractivity contribution in [1.82, 2.24) is 0 Å². The van der Waals surface area contributed by atoms with Crippen LogP contribution in [0.15, 0.2) is 0 Å². The molecule has 0 amide bonds. The Hall–Kier alpha value is 0.190. The fourth-order valence-electron chi connectivity index (χ4n) is 1.08. The summed E-state index contributed by atoms with van der Waals surface area (Å²) in [6.07, 6.45) is -2.89. The quantitative estimate of drug-likeness (QED) is 0.396. The van der Waals surface area contributed by atoms with Crippen LogP contribution in [0.5, 0.6) is 0 Å². The lowest BCUT2D eigenvalue weighted by molar-refractivity contribution is -0.0254. The van der Waals surface area contributed by atoms with Crippen LogP contribution in [0.25, 0.3) is 0 Å². The second-order valence-electron chi connectivity index (χ2n) is 2.71. The van der Waals surface area contributed by atoms with Crippen LogP contribution in [0, 0.1) is 0 Å². The molecule has 0 spiro atoms. The highest BCUT2D eigenvalue weighted by molar-refractivity contribution is 8.00. The van der Waals surface area contributed by atoms with Crippen molar-refractivity contribution in [2.75, 3.05) is 0 Å². The molecule has 4 N–H and O–H groups in total. The second kappa shape index (κ2) is 3.28. The molecule has 0 aliphatic carbocycles. The van der Waals surface area contributed by atoms with E-state index in [-0.39, 0.29) is 0 Å². The van der Waals surface area contributed by atoms with E-state index in [2.05, 4.69) is 0 Å². The summed E-state index contributed by atoms with van der Waals surface area (Å²) in [5.41, 5.74) is -0.982. The summed E-state index contributed by atoms with van der Waals surface area (Å²) in [6.45, 7) is 1.52. The lowest BCUT2D eigenvalue weighted by Crippen LogP contribution is -2.36. The normalized spacial score (nSPS) is 47.7. The molecular weight excluding hydrogens is 168 g/mol. The van der Waals surface area contributed by atoms with Gasteiger partial charge in [-0.15, -0.1) is 11.8 Å². The van der Waals surface area contributed by atoms with E-state index >= 15 is 0 Å². The molecule has 1 aliphatic rings. The van der Waals surface area contributed by atoms with Crippen LogP contribution in [-0.4, -0.2) is 49.4 Å². The summed E-state index contributed by atoms with van der Waals surface area (Å²) >= 11 is 0.995. The van der Waals surface area contributed by atoms with E-state index in [1.807, 2.05) is 0 Å². The first-order valence-corrected chi connectivity index (χ1v) is 4.36. The molecule has 0 saturated carbocycles. The molecule has 0 bridgehead atoms. The summed E-state index contributed by atoms with van der Waals surface area (Å²) in [7, 11) is 0. The maximum atomic E-state index is 9.21. The first-order valence-electron chi connectivity index (χ1n) is 3.41. The Balaban J connectivity index is 2.59. The first-order chi connectivity index (χ1) is 5.04. The Morgan fingerprint density at radius 2 is 1.73 bits per heavy atom. The van der Waals surface area contributed by atoms with Crippen LogP contribution in [0.4, 0.5) is 0 Å². The summed E-state index contributed by atoms with van der Waals surface area (Å²) in [5, 5.41) is 35.9. The van der Waals surface area contributed by atoms with E-state index in [9.17, 15) is 5.11 Å². The number of hydrogen-bond donors (Lipinski definition) is 4. The number of aliphatic hydroxyl groups excluding tert-OH is 4. The highest BCUT2D eigenvalue weighted by Crippen LogP contribution is 2.34. The number of hydrogen-bond acceptors (Lipinski definition) is 5. The topological polar surface area (TPSA) is 80.9 Å². The predicted octanol–water partition coefficient (Wildman–Crippen LogP) is -1.48. The van der Waals surface area contributed by atoms with Gasteiger partial charge in [0.05, 0.1) is 17.5 Å². The first kappa shape index (κ1) is 9.28. The third-order valence-corrected chi connectivity index (χ3v) is 3.30. The van der Waals surface area contributed by atoms with Gasteiger partial charge in [-0.1, -0.05) is 0 Å². The molecule has 0 aromatic rings. The van der Waals surface area contributed by atoms with Crippen molar-refractivity contribution in [3.63, 3.8) is 0 Å². The predicted molar refractivity (Wildman–Crippen MR) is 41.1 cm³/mol. The van der Waals surface area contributed by atoms with Crippen molar-refractivity contribution in [1.29, 1.82) is 0 Å². The van der Waals surface area contributed by atoms with E-state index in [0.29, 0.717) is 0 Å². The molecule has 4 nitrogen and oxygen atoms in total. The van der Waals surface area contributed by atoms with Gasteiger partial charge in [0.2, 0.25) is 0 Å². The second-order valence-corrected chi connectivity index (χ2v) is 4.01. The molecule has 5 atom stereocenters. The summed E-state index contributed by atoms with van der Waals surface area (Å²) < 4.78 is 0. The fraction of sp³-hybridized carbons (Fsp3) is 1.00. The molecule has 0 aromatic carbocycles. The summed E-state index contributed by atoms with van der Waals surface area (Å²) in [6, 6.07) is 0. The van der Waals surface area contributed by atoms with E-state index in [1.54, 1.807) is 0 Å². The lowest BCUT2D eigenvalue weighted by atomic mass is 10.1. The minimum absolute atomic E-state index is 0.486. The minimum atomic E-state index is -1.14. The van der Waals surface area contributed by atoms with E-state index < -0.39 is 29.0 Å². The Morgan fingerprint density at radius 3 is 1.91 bits per heavy atom. The van der Waals surface area contributed by atoms with Gasteiger partial charge in [0.15, 0.2) is 0 Å². The van der Waals surface area contributed by atoms with Gasteiger partial charge in [-0.05, 0) is 6.92 Å². The van der Waals surface area contributed by atoms with Gasteiger partial charge in [0, 0.05) is 0 Å². The average Bonchev–Trinajstić information content (AvgIpc) is 2.17. The zero-order valence-electron chi connectivity index (χ0n) is 6.08. The molecule has 1 saturated heterocycles. The molecule has 1 rings (SSSR count). The highest BCUT2D eigenvalue weighted by atomic mass is 32.2. The Labute approximate surface area is 68.9 Å². The molecule has 1 heterocycles. The molecular formula is C6H12O4S.